The van der Waals surface area contributed by atoms with E-state index in [0.29, 0.717) is 6.42 Å². The fourth-order valence-corrected chi connectivity index (χ4v) is 2.01. The summed E-state index contributed by atoms with van der Waals surface area (Å²) in [4.78, 5) is 10.3. The number of aliphatic carboxylic acids is 1. The molecule has 22 heavy (non-hydrogen) atoms. The Morgan fingerprint density at radius 1 is 0.727 bits per heavy atom. The molecular weight excluding hydrogens is 272 g/mol. The fraction of sp³-hybridized carbons (Fsp3) is 0.550. The molecule has 0 aliphatic heterocycles. The minimum absolute atomic E-state index is 0.304. The Balaban J connectivity index is 3.42. The van der Waals surface area contributed by atoms with Gasteiger partial charge in [-0.1, -0.05) is 81.2 Å². The van der Waals surface area contributed by atoms with Crippen molar-refractivity contribution in [3.63, 3.8) is 0 Å². The average Bonchev–Trinajstić information content (AvgIpc) is 2.50. The Hall–Kier alpha value is -1.57. The van der Waals surface area contributed by atoms with Gasteiger partial charge in [-0.3, -0.25) is 4.79 Å². The average molecular weight is 304 g/mol. The summed E-state index contributed by atoms with van der Waals surface area (Å²) in [5.41, 5.74) is 0. The van der Waals surface area contributed by atoms with Crippen LogP contribution in [0.2, 0.25) is 0 Å². The van der Waals surface area contributed by atoms with E-state index in [4.69, 9.17) is 5.11 Å². The zero-order chi connectivity index (χ0) is 16.3. The van der Waals surface area contributed by atoms with Gasteiger partial charge in [0, 0.05) is 6.42 Å². The molecule has 0 saturated heterocycles. The van der Waals surface area contributed by atoms with E-state index in [9.17, 15) is 4.79 Å². The number of carboxylic acids is 1. The third-order valence-electron chi connectivity index (χ3n) is 3.31. The second kappa shape index (κ2) is 17.5. The topological polar surface area (TPSA) is 37.3 Å². The number of hydrogen-bond donors (Lipinski definition) is 1. The first-order valence-corrected chi connectivity index (χ1v) is 8.64. The molecule has 0 heterocycles. The first-order valence-electron chi connectivity index (χ1n) is 8.64. The van der Waals surface area contributed by atoms with Gasteiger partial charge < -0.3 is 5.11 Å². The Morgan fingerprint density at radius 3 is 1.77 bits per heavy atom. The van der Waals surface area contributed by atoms with Gasteiger partial charge in [0.1, 0.15) is 0 Å². The minimum Gasteiger partial charge on any atom is -0.481 e. The van der Waals surface area contributed by atoms with Crippen LogP contribution in [0, 0.1) is 0 Å². The van der Waals surface area contributed by atoms with Crippen molar-refractivity contribution in [2.75, 3.05) is 0 Å². The van der Waals surface area contributed by atoms with Gasteiger partial charge >= 0.3 is 5.97 Å². The van der Waals surface area contributed by atoms with Gasteiger partial charge in [-0.2, -0.15) is 0 Å². The molecule has 0 rings (SSSR count). The van der Waals surface area contributed by atoms with Crippen molar-refractivity contribution in [1.29, 1.82) is 0 Å². The number of allylic oxidation sites excluding steroid dienone is 8. The molecule has 0 aromatic rings. The summed E-state index contributed by atoms with van der Waals surface area (Å²) in [5, 5.41) is 8.51. The van der Waals surface area contributed by atoms with E-state index >= 15 is 0 Å². The normalized spacial score (nSPS) is 12.4. The van der Waals surface area contributed by atoms with Crippen LogP contribution in [0.1, 0.15) is 71.1 Å². The lowest BCUT2D eigenvalue weighted by Gasteiger charge is -1.96. The smallest absolute Gasteiger partial charge is 0.303 e. The number of unbranched alkanes of at least 4 members (excludes halogenated alkanes) is 7. The molecule has 0 aromatic carbocycles. The first kappa shape index (κ1) is 20.4. The molecule has 0 spiro atoms. The largest absolute Gasteiger partial charge is 0.481 e. The van der Waals surface area contributed by atoms with Gasteiger partial charge in [0.25, 0.3) is 0 Å². The summed E-state index contributed by atoms with van der Waals surface area (Å²) in [7, 11) is 0. The van der Waals surface area contributed by atoms with E-state index in [1.54, 1.807) is 0 Å². The summed E-state index contributed by atoms with van der Waals surface area (Å²) >= 11 is 0. The van der Waals surface area contributed by atoms with Gasteiger partial charge in [0.05, 0.1) is 0 Å². The van der Waals surface area contributed by atoms with Crippen molar-refractivity contribution in [1.82, 2.24) is 0 Å². The third kappa shape index (κ3) is 18.4. The van der Waals surface area contributed by atoms with Gasteiger partial charge in [-0.05, 0) is 32.1 Å². The van der Waals surface area contributed by atoms with Crippen molar-refractivity contribution in [3.05, 3.63) is 48.6 Å². The van der Waals surface area contributed by atoms with Crippen molar-refractivity contribution in [2.45, 2.75) is 71.1 Å². The molecule has 0 fully saturated rings. The number of carbonyl (C=O) groups is 1. The van der Waals surface area contributed by atoms with E-state index in [0.717, 1.165) is 32.1 Å². The molecule has 124 valence electrons. The second-order valence-corrected chi connectivity index (χ2v) is 5.47. The Kier molecular flexibility index (Phi) is 16.2. The van der Waals surface area contributed by atoms with Gasteiger partial charge in [0.15, 0.2) is 0 Å². The van der Waals surface area contributed by atoms with Crippen LogP contribution in [0.4, 0.5) is 0 Å². The van der Waals surface area contributed by atoms with Crippen LogP contribution in [0.5, 0.6) is 0 Å². The van der Waals surface area contributed by atoms with Crippen LogP contribution in [-0.2, 0) is 4.79 Å². The predicted octanol–water partition coefficient (Wildman–Crippen LogP) is 6.22. The molecule has 2 heteroatoms. The van der Waals surface area contributed by atoms with Crippen LogP contribution in [-0.4, -0.2) is 11.1 Å². The summed E-state index contributed by atoms with van der Waals surface area (Å²) in [6, 6.07) is 0. The van der Waals surface area contributed by atoms with Crippen molar-refractivity contribution >= 4 is 5.97 Å². The Bertz CT molecular complexity index is 362. The quantitative estimate of drug-likeness (QED) is 0.305. The third-order valence-corrected chi connectivity index (χ3v) is 3.31. The van der Waals surface area contributed by atoms with Crippen molar-refractivity contribution in [2.24, 2.45) is 0 Å². The highest BCUT2D eigenvalue weighted by Crippen LogP contribution is 2.05. The molecule has 1 N–H and O–H groups in total. The summed E-state index contributed by atoms with van der Waals surface area (Å²) in [6.07, 6.45) is 27.3. The Morgan fingerprint density at radius 2 is 1.23 bits per heavy atom. The SMILES string of the molecule is CCCCC/C=C/C=C/C=C/C=C/CCCCCCC(=O)O. The van der Waals surface area contributed by atoms with E-state index < -0.39 is 5.97 Å². The van der Waals surface area contributed by atoms with Crippen LogP contribution in [0.25, 0.3) is 0 Å². The lowest BCUT2D eigenvalue weighted by molar-refractivity contribution is -0.137. The standard InChI is InChI=1S/C20H32O2/c1-2-3-4-5-6-7-8-9-10-11-12-13-14-15-16-17-18-19-20(21)22/h6-13H,2-5,14-19H2,1H3,(H,21,22)/b7-6+,9-8+,11-10+,13-12+. The van der Waals surface area contributed by atoms with Crippen LogP contribution < -0.4 is 0 Å². The maximum absolute atomic E-state index is 10.3. The van der Waals surface area contributed by atoms with E-state index in [1.165, 1.54) is 25.7 Å². The monoisotopic (exact) mass is 304 g/mol. The molecule has 0 aliphatic rings. The lowest BCUT2D eigenvalue weighted by atomic mass is 10.1. The van der Waals surface area contributed by atoms with E-state index in [2.05, 4.69) is 37.3 Å². The van der Waals surface area contributed by atoms with Gasteiger partial charge in [-0.15, -0.1) is 0 Å². The predicted molar refractivity (Wildman–Crippen MR) is 96.0 cm³/mol. The summed E-state index contributed by atoms with van der Waals surface area (Å²) < 4.78 is 0. The zero-order valence-corrected chi connectivity index (χ0v) is 14.0. The molecule has 0 aliphatic carbocycles. The maximum atomic E-state index is 10.3. The zero-order valence-electron chi connectivity index (χ0n) is 14.0. The van der Waals surface area contributed by atoms with Gasteiger partial charge in [0.2, 0.25) is 0 Å². The Labute approximate surface area is 136 Å². The molecule has 0 aromatic heterocycles. The summed E-state index contributed by atoms with van der Waals surface area (Å²) in [5.74, 6) is -0.686. The van der Waals surface area contributed by atoms with Gasteiger partial charge in [-0.25, -0.2) is 0 Å². The highest BCUT2D eigenvalue weighted by atomic mass is 16.4. The van der Waals surface area contributed by atoms with Crippen LogP contribution in [0.3, 0.4) is 0 Å². The number of hydrogen-bond acceptors (Lipinski definition) is 1. The van der Waals surface area contributed by atoms with Crippen molar-refractivity contribution < 1.29 is 9.90 Å². The molecule has 0 saturated carbocycles. The molecule has 0 radical (unpaired) electrons. The maximum Gasteiger partial charge on any atom is 0.303 e. The lowest BCUT2D eigenvalue weighted by Crippen LogP contribution is -1.93. The van der Waals surface area contributed by atoms with E-state index in [1.807, 2.05) is 18.2 Å². The number of rotatable bonds is 14. The molecular formula is C20H32O2. The molecule has 0 amide bonds. The van der Waals surface area contributed by atoms with Crippen molar-refractivity contribution in [3.8, 4) is 0 Å². The van der Waals surface area contributed by atoms with E-state index in [-0.39, 0.29) is 0 Å². The minimum atomic E-state index is -0.686. The highest BCUT2D eigenvalue weighted by Gasteiger charge is 1.95. The molecule has 0 bridgehead atoms. The molecule has 0 unspecified atom stereocenters. The molecule has 2 nitrogen and oxygen atoms in total. The van der Waals surface area contributed by atoms with Crippen LogP contribution >= 0.6 is 0 Å². The summed E-state index contributed by atoms with van der Waals surface area (Å²) in [6.45, 7) is 2.22. The van der Waals surface area contributed by atoms with Crippen LogP contribution in [0.15, 0.2) is 48.6 Å². The highest BCUT2D eigenvalue weighted by molar-refractivity contribution is 5.66. The second-order valence-electron chi connectivity index (χ2n) is 5.47. The first-order chi connectivity index (χ1) is 10.8. The fourth-order valence-electron chi connectivity index (χ4n) is 2.01. The molecule has 0 atom stereocenters. The number of carboxylic acid groups (broad SMARTS) is 1.